The van der Waals surface area contributed by atoms with Gasteiger partial charge in [0.15, 0.2) is 0 Å². The Morgan fingerprint density at radius 2 is 1.75 bits per heavy atom. The molecule has 3 rings (SSSR count). The van der Waals surface area contributed by atoms with E-state index in [-0.39, 0.29) is 16.8 Å². The molecule has 2 heterocycles. The third kappa shape index (κ3) is 4.43. The lowest BCUT2D eigenvalue weighted by atomic mass is 10.1. The minimum atomic E-state index is -4.56. The van der Waals surface area contributed by atoms with Crippen LogP contribution < -0.4 is 0 Å². The zero-order valence-electron chi connectivity index (χ0n) is 17.4. The molecule has 0 saturated carbocycles. The quantitative estimate of drug-likeness (QED) is 0.497. The molecule has 166 valence electrons. The van der Waals surface area contributed by atoms with Crippen LogP contribution >= 0.6 is 0 Å². The van der Waals surface area contributed by atoms with Crippen LogP contribution in [0.3, 0.4) is 0 Å². The maximum absolute atomic E-state index is 12.9. The second-order valence-electron chi connectivity index (χ2n) is 7.31. The van der Waals surface area contributed by atoms with Crippen molar-refractivity contribution in [3.05, 3.63) is 76.2 Å². The van der Waals surface area contributed by atoms with E-state index in [1.165, 1.54) is 18.2 Å². The molecule has 0 fully saturated rings. The zero-order valence-corrected chi connectivity index (χ0v) is 18.2. The van der Waals surface area contributed by atoms with E-state index in [2.05, 4.69) is 9.97 Å². The van der Waals surface area contributed by atoms with Crippen LogP contribution in [0.2, 0.25) is 0 Å². The lowest BCUT2D eigenvalue weighted by Crippen LogP contribution is -2.11. The van der Waals surface area contributed by atoms with Gasteiger partial charge in [-0.1, -0.05) is 32.0 Å². The average Bonchev–Trinajstić information content (AvgIpc) is 3.08. The fourth-order valence-corrected chi connectivity index (χ4v) is 4.28. The Morgan fingerprint density at radius 3 is 2.25 bits per heavy atom. The number of rotatable bonds is 5. The van der Waals surface area contributed by atoms with Crippen LogP contribution in [-0.4, -0.2) is 23.0 Å². The van der Waals surface area contributed by atoms with E-state index < -0.39 is 26.5 Å². The van der Waals surface area contributed by atoms with Gasteiger partial charge in [-0.2, -0.15) is 18.4 Å². The van der Waals surface area contributed by atoms with E-state index in [1.54, 1.807) is 41.8 Å². The Balaban J connectivity index is 2.14. The molecule has 0 unspecified atom stereocenters. The van der Waals surface area contributed by atoms with Crippen LogP contribution in [0.25, 0.3) is 12.0 Å². The number of allylic oxidation sites excluding steroid dienone is 1. The van der Waals surface area contributed by atoms with Crippen LogP contribution in [0.5, 0.6) is 0 Å². The van der Waals surface area contributed by atoms with Gasteiger partial charge in [0.25, 0.3) is 0 Å². The number of nitrogens with zero attached hydrogens (tertiary/aromatic N) is 4. The van der Waals surface area contributed by atoms with Crippen molar-refractivity contribution in [1.29, 1.82) is 5.26 Å². The van der Waals surface area contributed by atoms with Crippen LogP contribution in [-0.2, 0) is 16.0 Å². The van der Waals surface area contributed by atoms with Crippen molar-refractivity contribution in [1.82, 2.24) is 14.5 Å². The molecule has 0 aliphatic rings. The second kappa shape index (κ2) is 8.59. The molecule has 0 bridgehead atoms. The summed E-state index contributed by atoms with van der Waals surface area (Å²) in [5.74, 6) is -0.0683. The topological polar surface area (TPSA) is 88.6 Å². The first-order valence-corrected chi connectivity index (χ1v) is 11.0. The number of hydrogen-bond donors (Lipinski definition) is 0. The summed E-state index contributed by atoms with van der Waals surface area (Å²) in [4.78, 5) is 7.25. The van der Waals surface area contributed by atoms with Gasteiger partial charge in [-0.25, -0.2) is 18.4 Å². The standard InChI is InChI=1S/C22H19F3N4O2S/c1-14(2)20-10-16(9-19(11-26)32(30,31)18-7-5-4-6-8-18)15(3)29(20)21-27-12-17(13-28-21)22(23,24)25/h4-10,12-14H,1-3H3/b19-9+. The number of halogens is 3. The predicted molar refractivity (Wildman–Crippen MR) is 112 cm³/mol. The van der Waals surface area contributed by atoms with Crippen LogP contribution in [0.15, 0.2) is 58.6 Å². The molecule has 10 heteroatoms. The molecule has 0 N–H and O–H groups in total. The lowest BCUT2D eigenvalue weighted by molar-refractivity contribution is -0.138. The lowest BCUT2D eigenvalue weighted by Gasteiger charge is -2.13. The van der Waals surface area contributed by atoms with Crippen LogP contribution in [0, 0.1) is 18.3 Å². The normalized spacial score (nSPS) is 12.8. The number of aromatic nitrogens is 3. The first kappa shape index (κ1) is 23.2. The molecule has 0 aliphatic carbocycles. The van der Waals surface area contributed by atoms with Gasteiger partial charge in [0.2, 0.25) is 15.8 Å². The van der Waals surface area contributed by atoms with Gasteiger partial charge in [0.05, 0.1) is 10.5 Å². The van der Waals surface area contributed by atoms with Crippen molar-refractivity contribution in [2.45, 2.75) is 37.8 Å². The van der Waals surface area contributed by atoms with Crippen molar-refractivity contribution in [2.75, 3.05) is 0 Å². The highest BCUT2D eigenvalue weighted by Crippen LogP contribution is 2.31. The Hall–Kier alpha value is -3.45. The van der Waals surface area contributed by atoms with Crippen LogP contribution in [0.1, 0.15) is 42.3 Å². The molecule has 1 aromatic carbocycles. The molecule has 0 saturated heterocycles. The SMILES string of the molecule is Cc1c(/C=C(\C#N)S(=O)(=O)c2ccccc2)cc(C(C)C)n1-c1ncc(C(F)(F)F)cn1. The van der Waals surface area contributed by atoms with E-state index in [9.17, 15) is 26.9 Å². The Labute approximate surface area is 183 Å². The van der Waals surface area contributed by atoms with Gasteiger partial charge < -0.3 is 0 Å². The zero-order chi connectivity index (χ0) is 23.7. The highest BCUT2D eigenvalue weighted by Gasteiger charge is 2.31. The molecule has 0 amide bonds. The third-order valence-electron chi connectivity index (χ3n) is 4.81. The summed E-state index contributed by atoms with van der Waals surface area (Å²) in [6.07, 6.45) is -1.92. The summed E-state index contributed by atoms with van der Waals surface area (Å²) in [5, 5.41) is 9.55. The van der Waals surface area contributed by atoms with Crippen molar-refractivity contribution in [3.8, 4) is 12.0 Å². The molecule has 0 atom stereocenters. The number of benzene rings is 1. The van der Waals surface area contributed by atoms with E-state index in [0.717, 1.165) is 0 Å². The van der Waals surface area contributed by atoms with E-state index in [1.807, 2.05) is 13.8 Å². The first-order valence-electron chi connectivity index (χ1n) is 9.50. The van der Waals surface area contributed by atoms with E-state index >= 15 is 0 Å². The fourth-order valence-electron chi connectivity index (χ4n) is 3.11. The summed E-state index contributed by atoms with van der Waals surface area (Å²) in [5.41, 5.74) is 0.596. The fraction of sp³-hybridized carbons (Fsp3) is 0.227. The van der Waals surface area contributed by atoms with Crippen molar-refractivity contribution in [2.24, 2.45) is 0 Å². The van der Waals surface area contributed by atoms with E-state index in [0.29, 0.717) is 29.3 Å². The van der Waals surface area contributed by atoms with Gasteiger partial charge in [-0.3, -0.25) is 4.57 Å². The van der Waals surface area contributed by atoms with E-state index in [4.69, 9.17) is 0 Å². The number of alkyl halides is 3. The first-order chi connectivity index (χ1) is 15.0. The van der Waals surface area contributed by atoms with Gasteiger partial charge in [0, 0.05) is 23.8 Å². The van der Waals surface area contributed by atoms with Gasteiger partial charge in [-0.15, -0.1) is 0 Å². The molecule has 3 aromatic rings. The summed E-state index contributed by atoms with van der Waals surface area (Å²) in [6.45, 7) is 5.40. The Bertz CT molecular complexity index is 1300. The highest BCUT2D eigenvalue weighted by atomic mass is 32.2. The van der Waals surface area contributed by atoms with Crippen molar-refractivity contribution < 1.29 is 21.6 Å². The molecular formula is C22H19F3N4O2S. The number of sulfone groups is 1. The molecule has 0 spiro atoms. The summed E-state index contributed by atoms with van der Waals surface area (Å²) in [7, 11) is -4.04. The van der Waals surface area contributed by atoms with Crippen LogP contribution in [0.4, 0.5) is 13.2 Å². The number of nitriles is 1. The van der Waals surface area contributed by atoms with Gasteiger partial charge in [0.1, 0.15) is 11.0 Å². The largest absolute Gasteiger partial charge is 0.419 e. The maximum Gasteiger partial charge on any atom is 0.419 e. The molecule has 0 aliphatic heterocycles. The van der Waals surface area contributed by atoms with Gasteiger partial charge in [-0.05, 0) is 42.7 Å². The third-order valence-corrected chi connectivity index (χ3v) is 6.49. The number of hydrogen-bond acceptors (Lipinski definition) is 5. The summed E-state index contributed by atoms with van der Waals surface area (Å²) < 4.78 is 65.9. The average molecular weight is 460 g/mol. The molecule has 0 radical (unpaired) electrons. The molecular weight excluding hydrogens is 441 g/mol. The monoisotopic (exact) mass is 460 g/mol. The Morgan fingerprint density at radius 1 is 1.16 bits per heavy atom. The van der Waals surface area contributed by atoms with Crippen molar-refractivity contribution >= 4 is 15.9 Å². The molecule has 6 nitrogen and oxygen atoms in total. The maximum atomic E-state index is 12.9. The minimum Gasteiger partial charge on any atom is -0.286 e. The minimum absolute atomic E-state index is 0.0139. The van der Waals surface area contributed by atoms with Gasteiger partial charge >= 0.3 is 6.18 Å². The second-order valence-corrected chi connectivity index (χ2v) is 9.22. The van der Waals surface area contributed by atoms with Crippen molar-refractivity contribution in [3.63, 3.8) is 0 Å². The molecule has 2 aromatic heterocycles. The summed E-state index contributed by atoms with van der Waals surface area (Å²) in [6, 6.07) is 11.0. The summed E-state index contributed by atoms with van der Waals surface area (Å²) >= 11 is 0. The predicted octanol–water partition coefficient (Wildman–Crippen LogP) is 5.06. The smallest absolute Gasteiger partial charge is 0.286 e. The highest BCUT2D eigenvalue weighted by molar-refractivity contribution is 7.95. The molecule has 32 heavy (non-hydrogen) atoms. The Kier molecular flexibility index (Phi) is 6.23.